The van der Waals surface area contributed by atoms with Gasteiger partial charge in [-0.3, -0.25) is 4.98 Å². The number of hydrogen-bond acceptors (Lipinski definition) is 6. The fraction of sp³-hybridized carbons (Fsp3) is 0.129. The summed E-state index contributed by atoms with van der Waals surface area (Å²) in [6.07, 6.45) is 1.89. The van der Waals surface area contributed by atoms with Crippen LogP contribution in [-0.4, -0.2) is 25.8 Å². The molecule has 0 spiro atoms. The van der Waals surface area contributed by atoms with Crippen LogP contribution in [0.2, 0.25) is 0 Å². The predicted molar refractivity (Wildman–Crippen MR) is 283 cm³/mol. The van der Waals surface area contributed by atoms with E-state index in [2.05, 4.69) is 172 Å². The molecule has 0 atom stereocenters. The van der Waals surface area contributed by atoms with E-state index in [-0.39, 0.29) is 38.6 Å². The number of aromatic nitrogens is 4. The molecule has 0 fully saturated rings. The molecule has 3 aromatic heterocycles. The second kappa shape index (κ2) is 16.1. The van der Waals surface area contributed by atoms with Crippen LogP contribution in [-0.2, 0) is 31.9 Å². The monoisotopic (exact) mass is 1120 g/mol. The summed E-state index contributed by atoms with van der Waals surface area (Å²) in [4.78, 5) is 10.4. The van der Waals surface area contributed by atoms with Crippen molar-refractivity contribution in [1.29, 1.82) is 0 Å². The molecule has 10 heteroatoms. The number of pyridine rings is 1. The average Bonchev–Trinajstić information content (AvgIpc) is 3.92. The van der Waals surface area contributed by atoms with E-state index in [4.69, 9.17) is 28.9 Å². The zero-order valence-corrected chi connectivity index (χ0v) is 42.7. The second-order valence-corrected chi connectivity index (χ2v) is 20.8. The summed E-state index contributed by atoms with van der Waals surface area (Å²) in [5, 5.41) is 2.13. The maximum Gasteiger partial charge on any atom is 2.00 e. The number of rotatable bonds is 6. The van der Waals surface area contributed by atoms with Crippen LogP contribution in [0, 0.1) is 12.1 Å². The van der Waals surface area contributed by atoms with Crippen molar-refractivity contribution in [1.82, 2.24) is 19.1 Å². The molecule has 0 amide bonds. The van der Waals surface area contributed by atoms with Crippen LogP contribution in [0.15, 0.2) is 164 Å². The molecule has 0 saturated carbocycles. The summed E-state index contributed by atoms with van der Waals surface area (Å²) >= 11 is 0. The predicted octanol–water partition coefficient (Wildman–Crippen LogP) is 13.7. The van der Waals surface area contributed by atoms with Gasteiger partial charge in [-0.05, 0) is 99.6 Å². The number of benzene rings is 8. The maximum atomic E-state index is 7.20. The Hall–Kier alpha value is -7.87. The van der Waals surface area contributed by atoms with E-state index in [0.29, 0.717) is 45.9 Å². The summed E-state index contributed by atoms with van der Waals surface area (Å²) in [6.45, 7) is 13.1. The Labute approximate surface area is 432 Å². The third-order valence-electron chi connectivity index (χ3n) is 14.3. The van der Waals surface area contributed by atoms with Gasteiger partial charge in [0.25, 0.3) is 0 Å². The molecule has 11 aromatic rings. The van der Waals surface area contributed by atoms with E-state index in [1.807, 2.05) is 54.7 Å². The van der Waals surface area contributed by atoms with Gasteiger partial charge in [0, 0.05) is 45.4 Å². The summed E-state index contributed by atoms with van der Waals surface area (Å²) in [5.74, 6) is 6.28. The molecule has 14 rings (SSSR count). The van der Waals surface area contributed by atoms with E-state index in [0.717, 1.165) is 83.4 Å². The minimum absolute atomic E-state index is 0. The van der Waals surface area contributed by atoms with Crippen LogP contribution >= 0.6 is 0 Å². The molecular formula is C62H45BN4O4Pt. The van der Waals surface area contributed by atoms with Crippen LogP contribution in [0.3, 0.4) is 0 Å². The van der Waals surface area contributed by atoms with Gasteiger partial charge in [-0.1, -0.05) is 143 Å². The first-order valence-corrected chi connectivity index (χ1v) is 24.2. The Morgan fingerprint density at radius 3 is 1.94 bits per heavy atom. The van der Waals surface area contributed by atoms with Gasteiger partial charge in [0.2, 0.25) is 6.71 Å². The molecule has 3 aliphatic heterocycles. The van der Waals surface area contributed by atoms with Crippen LogP contribution in [0.1, 0.15) is 52.7 Å². The third kappa shape index (κ3) is 6.70. The van der Waals surface area contributed by atoms with Gasteiger partial charge in [-0.2, -0.15) is 6.07 Å². The van der Waals surface area contributed by atoms with Crippen molar-refractivity contribution < 1.29 is 40.0 Å². The first kappa shape index (κ1) is 44.1. The van der Waals surface area contributed by atoms with Crippen molar-refractivity contribution >= 4 is 55.9 Å². The molecule has 0 bridgehead atoms. The third-order valence-corrected chi connectivity index (χ3v) is 14.3. The molecule has 0 saturated heterocycles. The van der Waals surface area contributed by atoms with Crippen molar-refractivity contribution in [2.75, 3.05) is 0 Å². The fourth-order valence-corrected chi connectivity index (χ4v) is 10.8. The van der Waals surface area contributed by atoms with Gasteiger partial charge in [0.1, 0.15) is 28.8 Å². The van der Waals surface area contributed by atoms with Crippen LogP contribution in [0.25, 0.3) is 66.9 Å². The van der Waals surface area contributed by atoms with Gasteiger partial charge in [-0.25, -0.2) is 4.98 Å². The van der Waals surface area contributed by atoms with E-state index in [1.54, 1.807) is 0 Å². The van der Waals surface area contributed by atoms with Gasteiger partial charge in [0.05, 0.1) is 28.4 Å². The molecule has 3 aliphatic rings. The van der Waals surface area contributed by atoms with E-state index >= 15 is 0 Å². The SMILES string of the molecule is CC(C)(C)c1ccnc(-n2c3[c-]c(Oc4[c-]c(-c5nc6ccccc6n5-c5ccc(C(C)(C)C)cc5-c5ccccc5)c5c6c4Oc4cccc7c4B6c4c(cccc4O5)O7)ccc3c3ccccc32)c1.[Pt+2]. The van der Waals surface area contributed by atoms with E-state index in [9.17, 15) is 0 Å². The smallest absolute Gasteiger partial charge is 0.503 e. The Bertz CT molecular complexity index is 4040. The van der Waals surface area contributed by atoms with Crippen molar-refractivity contribution in [2.24, 2.45) is 0 Å². The molecule has 8 aromatic carbocycles. The first-order valence-electron chi connectivity index (χ1n) is 24.2. The van der Waals surface area contributed by atoms with Gasteiger partial charge < -0.3 is 28.1 Å². The number of para-hydroxylation sites is 3. The normalized spacial score (nSPS) is 13.1. The molecule has 6 heterocycles. The number of hydrogen-bond donors (Lipinski definition) is 0. The Balaban J connectivity index is 0.00000504. The minimum Gasteiger partial charge on any atom is -0.503 e. The molecule has 0 N–H and O–H groups in total. The van der Waals surface area contributed by atoms with Gasteiger partial charge >= 0.3 is 21.1 Å². The van der Waals surface area contributed by atoms with Crippen LogP contribution in [0.4, 0.5) is 0 Å². The van der Waals surface area contributed by atoms with E-state index < -0.39 is 0 Å². The zero-order valence-electron chi connectivity index (χ0n) is 40.4. The molecule has 72 heavy (non-hydrogen) atoms. The topological polar surface area (TPSA) is 72.6 Å². The quantitative estimate of drug-likeness (QED) is 0.122. The summed E-state index contributed by atoms with van der Waals surface area (Å²) in [7, 11) is 0. The molecular weight excluding hydrogens is 1070 g/mol. The zero-order chi connectivity index (χ0) is 47.9. The summed E-state index contributed by atoms with van der Waals surface area (Å²) in [5.41, 5.74) is 12.3. The minimum atomic E-state index is -0.303. The number of fused-ring (bicyclic) bond motifs is 4. The first-order chi connectivity index (χ1) is 34.5. The van der Waals surface area contributed by atoms with Crippen molar-refractivity contribution in [3.05, 3.63) is 187 Å². The number of ether oxygens (including phenoxy) is 4. The molecule has 350 valence electrons. The van der Waals surface area contributed by atoms with Crippen molar-refractivity contribution in [3.63, 3.8) is 0 Å². The standard InChI is InChI=1S/C62H45BN4O4.Pt/c1-61(2,3)37-26-29-46(42(32-37)36-16-8-7-9-17-36)67-47-21-13-11-19-44(47)65-60(67)43-35-53(59-57-58(43)70-51-24-14-22-49-55(51)63(57)56-50(69-49)23-15-25-52(56)71-59)68-39-27-28-41-40-18-10-12-20-45(40)66(48(41)34-39)54-33-38(30-31-64-54)62(4,5)6;/h7-33H,1-6H3;/q-2;+2. The van der Waals surface area contributed by atoms with E-state index in [1.165, 1.54) is 11.1 Å². The summed E-state index contributed by atoms with van der Waals surface area (Å²) < 4.78 is 32.5. The van der Waals surface area contributed by atoms with Crippen LogP contribution < -0.4 is 35.3 Å². The largest absolute Gasteiger partial charge is 2.00 e. The Morgan fingerprint density at radius 1 is 0.556 bits per heavy atom. The van der Waals surface area contributed by atoms with Gasteiger partial charge in [0.15, 0.2) is 0 Å². The average molecular weight is 1120 g/mol. The van der Waals surface area contributed by atoms with Crippen molar-refractivity contribution in [2.45, 2.75) is 52.4 Å². The van der Waals surface area contributed by atoms with Crippen LogP contribution in [0.5, 0.6) is 46.0 Å². The molecule has 0 aliphatic carbocycles. The Morgan fingerprint density at radius 2 is 1.21 bits per heavy atom. The number of nitrogens with zero attached hydrogens (tertiary/aromatic N) is 4. The van der Waals surface area contributed by atoms with Crippen molar-refractivity contribution in [3.8, 4) is 80.0 Å². The van der Waals surface area contributed by atoms with Gasteiger partial charge in [-0.15, -0.1) is 17.5 Å². The Kier molecular flexibility index (Phi) is 9.85. The fourth-order valence-electron chi connectivity index (χ4n) is 10.8. The molecule has 8 nitrogen and oxygen atoms in total. The number of imidazole rings is 1. The summed E-state index contributed by atoms with van der Waals surface area (Å²) in [6, 6.07) is 61.9. The maximum absolute atomic E-state index is 7.20. The molecule has 0 radical (unpaired) electrons. The second-order valence-electron chi connectivity index (χ2n) is 20.8. The molecule has 0 unspecified atom stereocenters.